The Morgan fingerprint density at radius 2 is 1.91 bits per heavy atom. The van der Waals surface area contributed by atoms with E-state index < -0.39 is 16.2 Å². The van der Waals surface area contributed by atoms with Crippen LogP contribution in [0.2, 0.25) is 0 Å². The standard InChI is InChI=1S/C16H18ClNO4S/c1-12-7-8-15(9-16(12)18-11-13(19)10-17)23(20,21)22-14-5-3-2-4-6-14/h2-9,13,18-19H,10-11H2,1H3. The highest BCUT2D eigenvalue weighted by Crippen LogP contribution is 2.23. The average Bonchev–Trinajstić information content (AvgIpc) is 2.54. The third-order valence-corrected chi connectivity index (χ3v) is 4.75. The van der Waals surface area contributed by atoms with Crippen LogP contribution in [-0.2, 0) is 10.1 Å². The van der Waals surface area contributed by atoms with Gasteiger partial charge in [0.05, 0.1) is 12.0 Å². The van der Waals surface area contributed by atoms with E-state index in [4.69, 9.17) is 15.8 Å². The first kappa shape index (κ1) is 17.6. The summed E-state index contributed by atoms with van der Waals surface area (Å²) in [7, 11) is -3.93. The molecule has 124 valence electrons. The number of nitrogens with one attached hydrogen (secondary N) is 1. The van der Waals surface area contributed by atoms with Crippen molar-refractivity contribution in [1.82, 2.24) is 0 Å². The molecule has 2 aromatic rings. The van der Waals surface area contributed by atoms with Crippen LogP contribution in [-0.4, -0.2) is 32.1 Å². The first-order valence-corrected chi connectivity index (χ1v) is 8.95. The molecule has 0 saturated carbocycles. The number of benzene rings is 2. The van der Waals surface area contributed by atoms with Gasteiger partial charge >= 0.3 is 10.1 Å². The van der Waals surface area contributed by atoms with Crippen LogP contribution >= 0.6 is 11.6 Å². The zero-order valence-corrected chi connectivity index (χ0v) is 14.1. The van der Waals surface area contributed by atoms with Gasteiger partial charge in [0.2, 0.25) is 0 Å². The topological polar surface area (TPSA) is 75.6 Å². The molecule has 7 heteroatoms. The summed E-state index contributed by atoms with van der Waals surface area (Å²) < 4.78 is 29.8. The predicted molar refractivity (Wildman–Crippen MR) is 90.7 cm³/mol. The zero-order valence-electron chi connectivity index (χ0n) is 12.6. The second kappa shape index (κ2) is 7.68. The largest absolute Gasteiger partial charge is 0.390 e. The first-order valence-electron chi connectivity index (χ1n) is 7.00. The van der Waals surface area contributed by atoms with Crippen LogP contribution in [0.1, 0.15) is 5.56 Å². The molecule has 23 heavy (non-hydrogen) atoms. The molecule has 2 rings (SSSR count). The molecule has 0 spiro atoms. The molecule has 1 unspecified atom stereocenters. The van der Waals surface area contributed by atoms with Crippen LogP contribution in [0.4, 0.5) is 5.69 Å². The van der Waals surface area contributed by atoms with E-state index in [1.54, 1.807) is 36.4 Å². The second-order valence-electron chi connectivity index (χ2n) is 5.02. The summed E-state index contributed by atoms with van der Waals surface area (Å²) in [5.74, 6) is 0.349. The summed E-state index contributed by atoms with van der Waals surface area (Å²) in [5, 5.41) is 12.5. The molecule has 0 aliphatic heterocycles. The maximum Gasteiger partial charge on any atom is 0.339 e. The van der Waals surface area contributed by atoms with Gasteiger partial charge < -0.3 is 14.6 Å². The number of alkyl halides is 1. The van der Waals surface area contributed by atoms with Crippen LogP contribution in [0.15, 0.2) is 53.4 Å². The highest BCUT2D eigenvalue weighted by atomic mass is 35.5. The van der Waals surface area contributed by atoms with Crippen LogP contribution in [0, 0.1) is 6.92 Å². The fraction of sp³-hybridized carbons (Fsp3) is 0.250. The van der Waals surface area contributed by atoms with Crippen molar-refractivity contribution in [2.45, 2.75) is 17.9 Å². The predicted octanol–water partition coefficient (Wildman–Crippen LogP) is 2.77. The number of para-hydroxylation sites is 1. The summed E-state index contributed by atoms with van der Waals surface area (Å²) in [6, 6.07) is 12.9. The molecule has 2 N–H and O–H groups in total. The summed E-state index contributed by atoms with van der Waals surface area (Å²) in [5.41, 5.74) is 1.46. The first-order chi connectivity index (χ1) is 10.9. The molecule has 0 aromatic heterocycles. The molecule has 0 fully saturated rings. The molecule has 0 aliphatic carbocycles. The third-order valence-electron chi connectivity index (χ3n) is 3.15. The monoisotopic (exact) mass is 355 g/mol. The Balaban J connectivity index is 2.22. The lowest BCUT2D eigenvalue weighted by Gasteiger charge is -2.14. The summed E-state index contributed by atoms with van der Waals surface area (Å²) in [6.45, 7) is 2.07. The molecule has 0 amide bonds. The van der Waals surface area contributed by atoms with Crippen molar-refractivity contribution >= 4 is 27.4 Å². The van der Waals surface area contributed by atoms with Crippen LogP contribution in [0.25, 0.3) is 0 Å². The van der Waals surface area contributed by atoms with Crippen molar-refractivity contribution in [2.75, 3.05) is 17.7 Å². The molecular formula is C16H18ClNO4S. The van der Waals surface area contributed by atoms with Gasteiger partial charge in [0.15, 0.2) is 0 Å². The van der Waals surface area contributed by atoms with Crippen molar-refractivity contribution < 1.29 is 17.7 Å². The van der Waals surface area contributed by atoms with Gasteiger partial charge in [-0.2, -0.15) is 8.42 Å². The Kier molecular flexibility index (Phi) is 5.87. The SMILES string of the molecule is Cc1ccc(S(=O)(=O)Oc2ccccc2)cc1NCC(O)CCl. The fourth-order valence-corrected chi connectivity index (χ4v) is 2.95. The Labute approximate surface area is 141 Å². The summed E-state index contributed by atoms with van der Waals surface area (Å²) in [4.78, 5) is 0.0369. The summed E-state index contributed by atoms with van der Waals surface area (Å²) >= 11 is 5.55. The Morgan fingerprint density at radius 3 is 2.57 bits per heavy atom. The lowest BCUT2D eigenvalue weighted by atomic mass is 10.2. The molecule has 0 radical (unpaired) electrons. The number of aliphatic hydroxyl groups excluding tert-OH is 1. The van der Waals surface area contributed by atoms with Crippen molar-refractivity contribution in [3.63, 3.8) is 0 Å². The van der Waals surface area contributed by atoms with E-state index in [0.29, 0.717) is 5.69 Å². The van der Waals surface area contributed by atoms with Gasteiger partial charge in [-0.25, -0.2) is 0 Å². The molecular weight excluding hydrogens is 338 g/mol. The third kappa shape index (κ3) is 4.86. The highest BCUT2D eigenvalue weighted by Gasteiger charge is 2.18. The van der Waals surface area contributed by atoms with E-state index in [1.165, 1.54) is 12.1 Å². The maximum atomic E-state index is 12.3. The lowest BCUT2D eigenvalue weighted by molar-refractivity contribution is 0.211. The zero-order chi connectivity index (χ0) is 16.9. The van der Waals surface area contributed by atoms with E-state index in [9.17, 15) is 13.5 Å². The fourth-order valence-electron chi connectivity index (χ4n) is 1.88. The molecule has 0 aliphatic rings. The van der Waals surface area contributed by atoms with Crippen molar-refractivity contribution in [3.8, 4) is 5.75 Å². The second-order valence-corrected chi connectivity index (χ2v) is 6.87. The number of halogens is 1. The number of rotatable bonds is 7. The molecule has 0 saturated heterocycles. The number of aliphatic hydroxyl groups is 1. The van der Waals surface area contributed by atoms with Gasteiger partial charge in [0, 0.05) is 12.2 Å². The average molecular weight is 356 g/mol. The minimum Gasteiger partial charge on any atom is -0.390 e. The van der Waals surface area contributed by atoms with Crippen molar-refractivity contribution in [1.29, 1.82) is 0 Å². The van der Waals surface area contributed by atoms with Crippen molar-refractivity contribution in [3.05, 3.63) is 54.1 Å². The Morgan fingerprint density at radius 1 is 1.22 bits per heavy atom. The van der Waals surface area contributed by atoms with Gasteiger partial charge in [-0.15, -0.1) is 11.6 Å². The van der Waals surface area contributed by atoms with E-state index in [-0.39, 0.29) is 23.1 Å². The maximum absolute atomic E-state index is 12.3. The number of aryl methyl sites for hydroxylation is 1. The van der Waals surface area contributed by atoms with Crippen LogP contribution < -0.4 is 9.50 Å². The minimum atomic E-state index is -3.93. The van der Waals surface area contributed by atoms with Crippen molar-refractivity contribution in [2.24, 2.45) is 0 Å². The van der Waals surface area contributed by atoms with Gasteiger partial charge in [0.25, 0.3) is 0 Å². The van der Waals surface area contributed by atoms with E-state index in [1.807, 2.05) is 6.92 Å². The molecule has 0 heterocycles. The molecule has 1 atom stereocenters. The molecule has 5 nitrogen and oxygen atoms in total. The van der Waals surface area contributed by atoms with E-state index >= 15 is 0 Å². The van der Waals surface area contributed by atoms with E-state index in [2.05, 4.69) is 5.32 Å². The quantitative estimate of drug-likeness (QED) is 0.590. The van der Waals surface area contributed by atoms with Gasteiger partial charge in [-0.1, -0.05) is 24.3 Å². The van der Waals surface area contributed by atoms with Gasteiger partial charge in [-0.3, -0.25) is 0 Å². The van der Waals surface area contributed by atoms with E-state index in [0.717, 1.165) is 5.56 Å². The number of hydrogen-bond donors (Lipinski definition) is 2. The lowest BCUT2D eigenvalue weighted by Crippen LogP contribution is -2.21. The normalized spacial score (nSPS) is 12.7. The van der Waals surface area contributed by atoms with Crippen LogP contribution in [0.3, 0.4) is 0 Å². The van der Waals surface area contributed by atoms with Gasteiger partial charge in [-0.05, 0) is 36.8 Å². The Bertz CT molecular complexity index is 750. The Hall–Kier alpha value is -1.76. The smallest absolute Gasteiger partial charge is 0.339 e. The molecule has 0 bridgehead atoms. The number of hydrogen-bond acceptors (Lipinski definition) is 5. The van der Waals surface area contributed by atoms with Crippen LogP contribution in [0.5, 0.6) is 5.75 Å². The number of anilines is 1. The highest BCUT2D eigenvalue weighted by molar-refractivity contribution is 7.87. The van der Waals surface area contributed by atoms with Gasteiger partial charge in [0.1, 0.15) is 10.6 Å². The molecule has 2 aromatic carbocycles. The summed E-state index contributed by atoms with van der Waals surface area (Å²) in [6.07, 6.45) is -0.711. The minimum absolute atomic E-state index is 0.0369.